The maximum atomic E-state index is 10.7. The van der Waals surface area contributed by atoms with Gasteiger partial charge in [-0.25, -0.2) is 9.97 Å². The number of aromatic hydroxyl groups is 1. The fraction of sp³-hybridized carbons (Fsp3) is 0. The number of para-hydroxylation sites is 1. The monoisotopic (exact) mass is 800 g/mol. The van der Waals surface area contributed by atoms with E-state index in [2.05, 4.69) is 94.6 Å². The first kappa shape index (κ1) is 29.6. The third-order valence-electron chi connectivity index (χ3n) is 8.57. The first-order valence-electron chi connectivity index (χ1n) is 15.3. The average molecular weight is 801 g/mol. The van der Waals surface area contributed by atoms with E-state index in [0.29, 0.717) is 33.5 Å². The molecule has 4 aromatic heterocycles. The molecule has 0 aliphatic carbocycles. The molecule has 232 valence electrons. The number of nitrogens with zero attached hydrogens (tertiary/aromatic N) is 4. The van der Waals surface area contributed by atoms with E-state index in [-0.39, 0.29) is 26.8 Å². The number of imidazole rings is 1. The fourth-order valence-corrected chi connectivity index (χ4v) is 6.42. The van der Waals surface area contributed by atoms with Crippen molar-refractivity contribution in [1.29, 1.82) is 0 Å². The van der Waals surface area contributed by atoms with E-state index in [1.54, 1.807) is 18.3 Å². The van der Waals surface area contributed by atoms with Crippen molar-refractivity contribution in [3.8, 4) is 56.5 Å². The number of hydrogen-bond acceptors (Lipinski definition) is 5. The third kappa shape index (κ3) is 4.90. The Morgan fingerprint density at radius 3 is 2.06 bits per heavy atom. The quantitative estimate of drug-likeness (QED) is 0.176. The topological polar surface area (TPSA) is 77.0 Å². The molecule has 0 amide bonds. The first-order chi connectivity index (χ1) is 23.2. The van der Waals surface area contributed by atoms with Crippen LogP contribution in [0.15, 0.2) is 150 Å². The first-order valence-corrected chi connectivity index (χ1v) is 15.3. The summed E-state index contributed by atoms with van der Waals surface area (Å²) < 4.78 is 8.19. The molecule has 0 fully saturated rings. The second-order valence-electron chi connectivity index (χ2n) is 11.4. The van der Waals surface area contributed by atoms with Gasteiger partial charge in [0.15, 0.2) is 5.58 Å². The number of aromatic nitrogens is 4. The van der Waals surface area contributed by atoms with Crippen molar-refractivity contribution in [3.05, 3.63) is 152 Å². The van der Waals surface area contributed by atoms with Gasteiger partial charge in [-0.15, -0.1) is 17.5 Å². The SMILES string of the molecule is Oc1cccc2oc3ccc(-c4cn(-c5c(-c6ccccc6)cccc5-c5ccccc5)c(-c5cccc6cnc[c-]c56)n4)nc3c12.[Pt]. The number of furan rings is 1. The Morgan fingerprint density at radius 2 is 1.31 bits per heavy atom. The maximum Gasteiger partial charge on any atom is 0.154 e. The van der Waals surface area contributed by atoms with E-state index in [9.17, 15) is 5.11 Å². The number of fused-ring (bicyclic) bond motifs is 4. The van der Waals surface area contributed by atoms with Crippen molar-refractivity contribution >= 4 is 32.8 Å². The maximum absolute atomic E-state index is 10.7. The summed E-state index contributed by atoms with van der Waals surface area (Å²) in [4.78, 5) is 14.6. The molecule has 9 aromatic rings. The van der Waals surface area contributed by atoms with Gasteiger partial charge < -0.3 is 14.1 Å². The van der Waals surface area contributed by atoms with Crippen LogP contribution in [0.25, 0.3) is 83.6 Å². The third-order valence-corrected chi connectivity index (χ3v) is 8.57. The minimum Gasteiger partial charge on any atom is -0.507 e. The summed E-state index contributed by atoms with van der Waals surface area (Å²) in [7, 11) is 0. The van der Waals surface area contributed by atoms with E-state index in [1.807, 2.05) is 48.7 Å². The summed E-state index contributed by atoms with van der Waals surface area (Å²) >= 11 is 0. The molecule has 0 aliphatic heterocycles. The predicted molar refractivity (Wildman–Crippen MR) is 186 cm³/mol. The molecule has 6 nitrogen and oxygen atoms in total. The summed E-state index contributed by atoms with van der Waals surface area (Å²) in [6.07, 6.45) is 5.60. The van der Waals surface area contributed by atoms with Crippen molar-refractivity contribution in [2.24, 2.45) is 0 Å². The van der Waals surface area contributed by atoms with Crippen molar-refractivity contribution in [2.45, 2.75) is 0 Å². The predicted octanol–water partition coefficient (Wildman–Crippen LogP) is 9.89. The second kappa shape index (κ2) is 12.1. The van der Waals surface area contributed by atoms with Gasteiger partial charge in [-0.1, -0.05) is 96.6 Å². The van der Waals surface area contributed by atoms with Gasteiger partial charge in [0.05, 0.1) is 22.6 Å². The Balaban J connectivity index is 0.00000336. The largest absolute Gasteiger partial charge is 0.507 e. The van der Waals surface area contributed by atoms with Crippen molar-refractivity contribution in [1.82, 2.24) is 19.5 Å². The van der Waals surface area contributed by atoms with Crippen molar-refractivity contribution < 1.29 is 30.6 Å². The van der Waals surface area contributed by atoms with Crippen LogP contribution in [0.5, 0.6) is 5.75 Å². The summed E-state index contributed by atoms with van der Waals surface area (Å²) in [5.41, 5.74) is 9.35. The fourth-order valence-electron chi connectivity index (χ4n) is 6.42. The van der Waals surface area contributed by atoms with Gasteiger partial charge in [0, 0.05) is 38.4 Å². The molecule has 0 saturated heterocycles. The van der Waals surface area contributed by atoms with Gasteiger partial charge in [0.1, 0.15) is 22.5 Å². The van der Waals surface area contributed by atoms with Crippen LogP contribution in [-0.2, 0) is 21.1 Å². The van der Waals surface area contributed by atoms with Crippen LogP contribution in [0.4, 0.5) is 0 Å². The Hall–Kier alpha value is -5.84. The zero-order valence-corrected chi connectivity index (χ0v) is 27.6. The van der Waals surface area contributed by atoms with Gasteiger partial charge >= 0.3 is 0 Å². The standard InChI is InChI=1S/C41H25N4O2.Pt/c46-35-18-9-19-36-38(35)39-37(47-36)21-20-33(43-39)34-25-45(41(44-34)32-17-7-14-28-24-42-23-22-29(28)32)40-30(26-10-3-1-4-11-26)15-8-16-31(40)27-12-5-2-6-13-27;/h1-21,23-25,46H;/q-1;. The molecule has 0 spiro atoms. The van der Waals surface area contributed by atoms with E-state index in [0.717, 1.165) is 50.1 Å². The summed E-state index contributed by atoms with van der Waals surface area (Å²) in [6, 6.07) is 45.8. The number of rotatable bonds is 5. The van der Waals surface area contributed by atoms with Gasteiger partial charge in [0.2, 0.25) is 0 Å². The van der Waals surface area contributed by atoms with E-state index in [1.165, 1.54) is 0 Å². The van der Waals surface area contributed by atoms with Crippen LogP contribution in [0, 0.1) is 6.07 Å². The number of pyridine rings is 2. The van der Waals surface area contributed by atoms with Gasteiger partial charge in [-0.2, -0.15) is 11.5 Å². The Bertz CT molecular complexity index is 2530. The molecule has 1 N–H and O–H groups in total. The molecule has 9 rings (SSSR count). The van der Waals surface area contributed by atoms with Crippen LogP contribution in [0.2, 0.25) is 0 Å². The molecular formula is C41H25N4O2Pt-. The molecule has 0 bridgehead atoms. The zero-order chi connectivity index (χ0) is 31.3. The molecule has 0 unspecified atom stereocenters. The number of phenolic OH excluding ortho intramolecular Hbond substituents is 1. The molecule has 5 aromatic carbocycles. The Kier molecular flexibility index (Phi) is 7.43. The summed E-state index contributed by atoms with van der Waals surface area (Å²) in [5, 5.41) is 13.2. The van der Waals surface area contributed by atoms with Crippen LogP contribution in [0.1, 0.15) is 0 Å². The Labute approximate surface area is 290 Å². The molecule has 7 heteroatoms. The van der Waals surface area contributed by atoms with Crippen LogP contribution >= 0.6 is 0 Å². The Morgan fingerprint density at radius 1 is 0.625 bits per heavy atom. The van der Waals surface area contributed by atoms with E-state index in [4.69, 9.17) is 14.4 Å². The molecular weight excluding hydrogens is 776 g/mol. The summed E-state index contributed by atoms with van der Waals surface area (Å²) in [5.74, 6) is 0.872. The molecule has 48 heavy (non-hydrogen) atoms. The minimum atomic E-state index is 0. The van der Waals surface area contributed by atoms with Crippen molar-refractivity contribution in [3.63, 3.8) is 0 Å². The van der Waals surface area contributed by atoms with Crippen LogP contribution in [-0.4, -0.2) is 24.6 Å². The number of phenols is 1. The number of benzene rings is 5. The molecule has 4 heterocycles. The van der Waals surface area contributed by atoms with Gasteiger partial charge in [-0.3, -0.25) is 4.98 Å². The van der Waals surface area contributed by atoms with Gasteiger partial charge in [0.25, 0.3) is 0 Å². The molecule has 0 atom stereocenters. The smallest absolute Gasteiger partial charge is 0.154 e. The second-order valence-corrected chi connectivity index (χ2v) is 11.4. The molecule has 0 aliphatic rings. The van der Waals surface area contributed by atoms with Crippen LogP contribution in [0.3, 0.4) is 0 Å². The van der Waals surface area contributed by atoms with Crippen LogP contribution < -0.4 is 0 Å². The minimum absolute atomic E-state index is 0. The normalized spacial score (nSPS) is 11.2. The zero-order valence-electron chi connectivity index (χ0n) is 25.3. The number of hydrogen-bond donors (Lipinski definition) is 1. The average Bonchev–Trinajstić information content (AvgIpc) is 3.74. The molecule has 0 radical (unpaired) electrons. The van der Waals surface area contributed by atoms with E-state index >= 15 is 0 Å². The van der Waals surface area contributed by atoms with Crippen molar-refractivity contribution in [2.75, 3.05) is 0 Å². The summed E-state index contributed by atoms with van der Waals surface area (Å²) in [6.45, 7) is 0. The van der Waals surface area contributed by atoms with E-state index < -0.39 is 0 Å². The van der Waals surface area contributed by atoms with Gasteiger partial charge in [-0.05, 0) is 47.8 Å². The molecule has 0 saturated carbocycles.